The van der Waals surface area contributed by atoms with Gasteiger partial charge in [-0.05, 0) is 24.3 Å². The van der Waals surface area contributed by atoms with E-state index < -0.39 is 0 Å². The van der Waals surface area contributed by atoms with Crippen molar-refractivity contribution in [3.05, 3.63) is 11.7 Å². The second kappa shape index (κ2) is 4.13. The van der Waals surface area contributed by atoms with E-state index in [9.17, 15) is 4.79 Å². The molecule has 0 radical (unpaired) electrons. The van der Waals surface area contributed by atoms with Crippen LogP contribution in [-0.4, -0.2) is 27.4 Å². The average Bonchev–Trinajstić information content (AvgIpc) is 2.68. The monoisotopic (exact) mass is 212 g/mol. The van der Waals surface area contributed by atoms with Gasteiger partial charge in [-0.15, -0.1) is 0 Å². The maximum atomic E-state index is 10.9. The zero-order valence-electron chi connectivity index (χ0n) is 8.02. The number of hydrogen-bond donors (Lipinski definition) is 0. The second-order valence-corrected chi connectivity index (χ2v) is 4.63. The molecule has 1 aliphatic heterocycles. The number of hydrogen-bond acceptors (Lipinski definition) is 5. The van der Waals surface area contributed by atoms with E-state index in [-0.39, 0.29) is 11.7 Å². The Morgan fingerprint density at radius 1 is 1.50 bits per heavy atom. The van der Waals surface area contributed by atoms with Gasteiger partial charge in [-0.25, -0.2) is 0 Å². The van der Waals surface area contributed by atoms with Gasteiger partial charge in [0.1, 0.15) is 0 Å². The van der Waals surface area contributed by atoms with Gasteiger partial charge in [-0.3, -0.25) is 4.79 Å². The highest BCUT2D eigenvalue weighted by atomic mass is 32.2. The van der Waals surface area contributed by atoms with E-state index in [1.165, 1.54) is 6.92 Å². The van der Waals surface area contributed by atoms with Crippen LogP contribution in [0.3, 0.4) is 0 Å². The lowest BCUT2D eigenvalue weighted by molar-refractivity contribution is 0.0972. The predicted molar refractivity (Wildman–Crippen MR) is 53.6 cm³/mol. The molecule has 2 heterocycles. The van der Waals surface area contributed by atoms with Crippen molar-refractivity contribution in [1.29, 1.82) is 0 Å². The minimum atomic E-state index is -0.158. The van der Waals surface area contributed by atoms with Crippen molar-refractivity contribution in [1.82, 2.24) is 10.1 Å². The van der Waals surface area contributed by atoms with Crippen molar-refractivity contribution in [2.45, 2.75) is 25.7 Å². The Kier molecular flexibility index (Phi) is 2.86. The lowest BCUT2D eigenvalue weighted by Gasteiger charge is -2.17. The maximum absolute atomic E-state index is 10.9. The quantitative estimate of drug-likeness (QED) is 0.700. The number of thioether (sulfide) groups is 1. The highest BCUT2D eigenvalue weighted by molar-refractivity contribution is 7.99. The number of carbonyl (C=O) groups is 1. The number of Topliss-reactive ketones (excluding diaryl/α,β-unsaturated/α-hetero) is 1. The molecule has 1 aromatic heterocycles. The normalized spacial score (nSPS) is 18.4. The van der Waals surface area contributed by atoms with Gasteiger partial charge in [0.2, 0.25) is 5.78 Å². The highest BCUT2D eigenvalue weighted by Crippen LogP contribution is 2.29. The fraction of sp³-hybridized carbons (Fsp3) is 0.667. The molecule has 0 atom stereocenters. The molecule has 1 aromatic rings. The molecule has 0 bridgehead atoms. The summed E-state index contributed by atoms with van der Waals surface area (Å²) >= 11 is 1.95. The van der Waals surface area contributed by atoms with E-state index in [4.69, 9.17) is 4.52 Å². The van der Waals surface area contributed by atoms with Crippen molar-refractivity contribution < 1.29 is 9.32 Å². The number of nitrogens with zero attached hydrogens (tertiary/aromatic N) is 2. The van der Waals surface area contributed by atoms with Crippen molar-refractivity contribution in [3.8, 4) is 0 Å². The van der Waals surface area contributed by atoms with Gasteiger partial charge in [0.15, 0.2) is 5.82 Å². The Hall–Kier alpha value is -0.840. The Labute approximate surface area is 86.4 Å². The van der Waals surface area contributed by atoms with Gasteiger partial charge in [-0.2, -0.15) is 16.7 Å². The number of rotatable bonds is 2. The minimum absolute atomic E-state index is 0.137. The van der Waals surface area contributed by atoms with Crippen LogP contribution in [0.2, 0.25) is 0 Å². The highest BCUT2D eigenvalue weighted by Gasteiger charge is 2.21. The first-order valence-electron chi connectivity index (χ1n) is 4.69. The molecule has 4 nitrogen and oxygen atoms in total. The van der Waals surface area contributed by atoms with E-state index in [0.29, 0.717) is 11.7 Å². The molecule has 0 N–H and O–H groups in total. The van der Waals surface area contributed by atoms with Gasteiger partial charge in [0, 0.05) is 12.8 Å². The molecule has 0 unspecified atom stereocenters. The van der Waals surface area contributed by atoms with Gasteiger partial charge >= 0.3 is 0 Å². The summed E-state index contributed by atoms with van der Waals surface area (Å²) in [6.45, 7) is 1.44. The van der Waals surface area contributed by atoms with Crippen molar-refractivity contribution >= 4 is 17.5 Å². The molecule has 1 aliphatic rings. The van der Waals surface area contributed by atoms with Gasteiger partial charge in [-0.1, -0.05) is 5.16 Å². The zero-order valence-corrected chi connectivity index (χ0v) is 8.84. The third-order valence-corrected chi connectivity index (χ3v) is 3.38. The summed E-state index contributed by atoms with van der Waals surface area (Å²) in [6.07, 6.45) is 2.17. The van der Waals surface area contributed by atoms with E-state index in [0.717, 1.165) is 24.3 Å². The van der Waals surface area contributed by atoms with Crippen LogP contribution in [0.25, 0.3) is 0 Å². The topological polar surface area (TPSA) is 56.0 Å². The van der Waals surface area contributed by atoms with Crippen molar-refractivity contribution in [2.24, 2.45) is 0 Å². The Morgan fingerprint density at radius 2 is 2.21 bits per heavy atom. The molecule has 1 fully saturated rings. The zero-order chi connectivity index (χ0) is 9.97. The fourth-order valence-electron chi connectivity index (χ4n) is 1.50. The fourth-order valence-corrected chi connectivity index (χ4v) is 2.61. The molecular formula is C9H12N2O2S. The largest absolute Gasteiger partial charge is 0.331 e. The predicted octanol–water partition coefficient (Wildman–Crippen LogP) is 1.88. The van der Waals surface area contributed by atoms with Crippen LogP contribution < -0.4 is 0 Å². The molecule has 14 heavy (non-hydrogen) atoms. The second-order valence-electron chi connectivity index (χ2n) is 3.40. The summed E-state index contributed by atoms with van der Waals surface area (Å²) in [5.41, 5.74) is 0. The summed E-state index contributed by atoms with van der Waals surface area (Å²) in [5, 5.41) is 3.84. The van der Waals surface area contributed by atoms with Crippen LogP contribution in [-0.2, 0) is 0 Å². The van der Waals surface area contributed by atoms with E-state index in [1.54, 1.807) is 0 Å². The first-order chi connectivity index (χ1) is 6.77. The summed E-state index contributed by atoms with van der Waals surface area (Å²) in [5.74, 6) is 3.36. The number of carbonyl (C=O) groups excluding carboxylic acids is 1. The lowest BCUT2D eigenvalue weighted by atomic mass is 10.0. The van der Waals surface area contributed by atoms with E-state index >= 15 is 0 Å². The van der Waals surface area contributed by atoms with E-state index in [1.807, 2.05) is 11.8 Å². The van der Waals surface area contributed by atoms with Crippen LogP contribution in [0, 0.1) is 0 Å². The Morgan fingerprint density at radius 3 is 2.79 bits per heavy atom. The van der Waals surface area contributed by atoms with Gasteiger partial charge in [0.05, 0.1) is 0 Å². The number of aromatic nitrogens is 2. The number of ketones is 1. The van der Waals surface area contributed by atoms with Crippen LogP contribution in [0.15, 0.2) is 4.52 Å². The first kappa shape index (κ1) is 9.71. The molecule has 0 aromatic carbocycles. The molecule has 2 rings (SSSR count). The van der Waals surface area contributed by atoms with Crippen LogP contribution >= 0.6 is 11.8 Å². The summed E-state index contributed by atoms with van der Waals surface area (Å²) < 4.78 is 4.86. The Balaban J connectivity index is 2.11. The maximum Gasteiger partial charge on any atom is 0.293 e. The van der Waals surface area contributed by atoms with Gasteiger partial charge in [0.25, 0.3) is 5.89 Å². The molecule has 76 valence electrons. The molecule has 5 heteroatoms. The molecule has 1 saturated heterocycles. The average molecular weight is 212 g/mol. The third kappa shape index (κ3) is 1.97. The molecule has 0 amide bonds. The van der Waals surface area contributed by atoms with Gasteiger partial charge < -0.3 is 4.52 Å². The van der Waals surface area contributed by atoms with Crippen molar-refractivity contribution in [3.63, 3.8) is 0 Å². The van der Waals surface area contributed by atoms with Crippen LogP contribution in [0.1, 0.15) is 42.2 Å². The lowest BCUT2D eigenvalue weighted by Crippen LogP contribution is -2.09. The molecule has 0 aliphatic carbocycles. The summed E-state index contributed by atoms with van der Waals surface area (Å²) in [4.78, 5) is 15.0. The van der Waals surface area contributed by atoms with Crippen LogP contribution in [0.5, 0.6) is 0 Å². The molecular weight excluding hydrogens is 200 g/mol. The van der Waals surface area contributed by atoms with Crippen molar-refractivity contribution in [2.75, 3.05) is 11.5 Å². The summed E-state index contributed by atoms with van der Waals surface area (Å²) in [7, 11) is 0. The van der Waals surface area contributed by atoms with E-state index in [2.05, 4.69) is 10.1 Å². The smallest absolute Gasteiger partial charge is 0.293 e. The SMILES string of the molecule is CC(=O)c1nc(C2CCSCC2)no1. The molecule has 0 saturated carbocycles. The Bertz CT molecular complexity index is 331. The summed E-state index contributed by atoms with van der Waals surface area (Å²) in [6, 6.07) is 0. The first-order valence-corrected chi connectivity index (χ1v) is 5.85. The standard InChI is InChI=1S/C9H12N2O2S/c1-6(12)9-10-8(11-13-9)7-2-4-14-5-3-7/h7H,2-5H2,1H3. The van der Waals surface area contributed by atoms with Crippen LogP contribution in [0.4, 0.5) is 0 Å². The molecule has 0 spiro atoms. The third-order valence-electron chi connectivity index (χ3n) is 2.33. The minimum Gasteiger partial charge on any atom is -0.331 e.